The van der Waals surface area contributed by atoms with Crippen molar-refractivity contribution in [1.29, 1.82) is 0 Å². The van der Waals surface area contributed by atoms with Gasteiger partial charge in [0.25, 0.3) is 0 Å². The molecule has 0 radical (unpaired) electrons. The van der Waals surface area contributed by atoms with Gasteiger partial charge < -0.3 is 14.6 Å². The van der Waals surface area contributed by atoms with Crippen molar-refractivity contribution in [3.05, 3.63) is 46.5 Å². The first-order chi connectivity index (χ1) is 11.1. The van der Waals surface area contributed by atoms with Crippen LogP contribution in [0.3, 0.4) is 0 Å². The van der Waals surface area contributed by atoms with Gasteiger partial charge in [0.1, 0.15) is 0 Å². The van der Waals surface area contributed by atoms with Gasteiger partial charge >= 0.3 is 11.7 Å². The van der Waals surface area contributed by atoms with Crippen LogP contribution in [0.4, 0.5) is 0 Å². The molecular formula is C16H18N4O3. The van der Waals surface area contributed by atoms with E-state index in [9.17, 15) is 9.59 Å². The van der Waals surface area contributed by atoms with Gasteiger partial charge in [0.2, 0.25) is 0 Å². The van der Waals surface area contributed by atoms with Crippen molar-refractivity contribution >= 4 is 22.4 Å². The maximum atomic E-state index is 12.1. The first-order valence-corrected chi connectivity index (χ1v) is 7.39. The van der Waals surface area contributed by atoms with Crippen LogP contribution in [0.15, 0.2) is 35.1 Å². The average molecular weight is 314 g/mol. The molecule has 23 heavy (non-hydrogen) atoms. The van der Waals surface area contributed by atoms with Crippen LogP contribution in [0.2, 0.25) is 0 Å². The van der Waals surface area contributed by atoms with Gasteiger partial charge in [0.15, 0.2) is 5.69 Å². The van der Waals surface area contributed by atoms with E-state index in [1.165, 1.54) is 4.52 Å². The lowest BCUT2D eigenvalue weighted by Gasteiger charge is -2.08. The number of nitrogens with zero attached hydrogens (tertiary/aromatic N) is 3. The van der Waals surface area contributed by atoms with E-state index in [2.05, 4.69) is 10.1 Å². The summed E-state index contributed by atoms with van der Waals surface area (Å²) < 4.78 is 6.40. The van der Waals surface area contributed by atoms with Crippen molar-refractivity contribution in [3.8, 4) is 0 Å². The van der Waals surface area contributed by atoms with E-state index >= 15 is 0 Å². The van der Waals surface area contributed by atoms with Crippen LogP contribution in [-0.4, -0.2) is 52.7 Å². The van der Waals surface area contributed by atoms with Crippen molar-refractivity contribution in [1.82, 2.24) is 19.5 Å². The van der Waals surface area contributed by atoms with Crippen LogP contribution in [0.25, 0.3) is 16.4 Å². The molecule has 2 aromatic heterocycles. The summed E-state index contributed by atoms with van der Waals surface area (Å²) in [6.07, 6.45) is 0.746. The Hall–Kier alpha value is -2.67. The minimum atomic E-state index is -0.518. The number of rotatable bonds is 5. The first kappa shape index (κ1) is 15.2. The molecular weight excluding hydrogens is 296 g/mol. The summed E-state index contributed by atoms with van der Waals surface area (Å²) in [6.45, 7) is 1.16. The number of fused-ring (bicyclic) bond motifs is 3. The second kappa shape index (κ2) is 6.21. The molecule has 0 spiro atoms. The molecule has 0 amide bonds. The highest BCUT2D eigenvalue weighted by atomic mass is 16.5. The highest BCUT2D eigenvalue weighted by Gasteiger charge is 2.15. The Bertz CT molecular complexity index is 910. The van der Waals surface area contributed by atoms with Crippen LogP contribution in [-0.2, 0) is 4.74 Å². The molecule has 1 aromatic carbocycles. The number of ether oxygens (including phenoxy) is 1. The Morgan fingerprint density at radius 1 is 1.35 bits per heavy atom. The molecule has 2 heterocycles. The number of carbonyl (C=O) groups excluding carboxylic acids is 1. The standard InChI is InChI=1S/C16H18N4O3/c1-19(2)8-5-9-23-15(21)13-10-14-11-6-3-4-7-12(11)17-16(22)20(14)18-13/h3-4,6-7,10H,5,8-9H2,1-2H3,(H,17,22). The summed E-state index contributed by atoms with van der Waals surface area (Å²) in [5.74, 6) is -0.518. The largest absolute Gasteiger partial charge is 0.461 e. The summed E-state index contributed by atoms with van der Waals surface area (Å²) in [5.41, 5.74) is 1.04. The molecule has 0 aliphatic heterocycles. The fourth-order valence-corrected chi connectivity index (χ4v) is 2.43. The van der Waals surface area contributed by atoms with Gasteiger partial charge in [-0.05, 0) is 32.6 Å². The molecule has 1 N–H and O–H groups in total. The van der Waals surface area contributed by atoms with E-state index < -0.39 is 5.97 Å². The Balaban J connectivity index is 1.88. The van der Waals surface area contributed by atoms with Crippen LogP contribution in [0.1, 0.15) is 16.9 Å². The molecule has 0 saturated heterocycles. The van der Waals surface area contributed by atoms with Gasteiger partial charge in [0.05, 0.1) is 17.6 Å². The van der Waals surface area contributed by atoms with Crippen LogP contribution in [0, 0.1) is 0 Å². The Morgan fingerprint density at radius 2 is 2.13 bits per heavy atom. The summed E-state index contributed by atoms with van der Waals surface area (Å²) in [5, 5.41) is 4.89. The molecule has 3 rings (SSSR count). The molecule has 0 unspecified atom stereocenters. The number of nitrogens with one attached hydrogen (secondary N) is 1. The second-order valence-electron chi connectivity index (χ2n) is 5.60. The topological polar surface area (TPSA) is 79.7 Å². The maximum absolute atomic E-state index is 12.1. The Kier molecular flexibility index (Phi) is 4.12. The van der Waals surface area contributed by atoms with Crippen molar-refractivity contribution in [2.45, 2.75) is 6.42 Å². The van der Waals surface area contributed by atoms with Crippen molar-refractivity contribution in [3.63, 3.8) is 0 Å². The van der Waals surface area contributed by atoms with Crippen molar-refractivity contribution in [2.75, 3.05) is 27.2 Å². The fraction of sp³-hybridized carbons (Fsp3) is 0.312. The highest BCUT2D eigenvalue weighted by Crippen LogP contribution is 2.17. The molecule has 7 nitrogen and oxygen atoms in total. The lowest BCUT2D eigenvalue weighted by molar-refractivity contribution is 0.0486. The lowest BCUT2D eigenvalue weighted by Crippen LogP contribution is -2.18. The van der Waals surface area contributed by atoms with Crippen LogP contribution in [0.5, 0.6) is 0 Å². The number of H-pyrrole nitrogens is 1. The molecule has 0 aliphatic rings. The van der Waals surface area contributed by atoms with Gasteiger partial charge in [-0.1, -0.05) is 18.2 Å². The van der Waals surface area contributed by atoms with Crippen molar-refractivity contribution in [2.24, 2.45) is 0 Å². The molecule has 0 saturated carbocycles. The van der Waals surface area contributed by atoms with Crippen LogP contribution < -0.4 is 5.69 Å². The summed E-state index contributed by atoms with van der Waals surface area (Å²) >= 11 is 0. The van der Waals surface area contributed by atoms with E-state index in [1.807, 2.05) is 43.3 Å². The second-order valence-corrected chi connectivity index (χ2v) is 5.60. The number of esters is 1. The minimum absolute atomic E-state index is 0.136. The Morgan fingerprint density at radius 3 is 2.91 bits per heavy atom. The fourth-order valence-electron chi connectivity index (χ4n) is 2.43. The third-order valence-corrected chi connectivity index (χ3v) is 3.54. The van der Waals surface area contributed by atoms with E-state index in [0.717, 1.165) is 18.4 Å². The molecule has 120 valence electrons. The predicted molar refractivity (Wildman–Crippen MR) is 86.8 cm³/mol. The first-order valence-electron chi connectivity index (χ1n) is 7.39. The molecule has 0 aliphatic carbocycles. The van der Waals surface area contributed by atoms with Crippen molar-refractivity contribution < 1.29 is 9.53 Å². The zero-order valence-electron chi connectivity index (χ0n) is 13.1. The number of aromatic amines is 1. The predicted octanol–water partition coefficient (Wildman–Crippen LogP) is 1.28. The summed E-state index contributed by atoms with van der Waals surface area (Å²) in [6, 6.07) is 8.97. The SMILES string of the molecule is CN(C)CCCOC(=O)c1cc2c3ccccc3[nH]c(=O)n2n1. The molecule has 0 fully saturated rings. The monoisotopic (exact) mass is 314 g/mol. The normalized spacial score (nSPS) is 11.4. The molecule has 0 bridgehead atoms. The lowest BCUT2D eigenvalue weighted by atomic mass is 10.2. The van der Waals surface area contributed by atoms with Gasteiger partial charge in [-0.15, -0.1) is 0 Å². The molecule has 7 heteroatoms. The highest BCUT2D eigenvalue weighted by molar-refractivity contribution is 5.97. The smallest absolute Gasteiger partial charge is 0.358 e. The van der Waals surface area contributed by atoms with Gasteiger partial charge in [0, 0.05) is 11.9 Å². The maximum Gasteiger partial charge on any atom is 0.358 e. The third-order valence-electron chi connectivity index (χ3n) is 3.54. The number of hydrogen-bond donors (Lipinski definition) is 1. The van der Waals surface area contributed by atoms with Gasteiger partial charge in [-0.25, -0.2) is 9.59 Å². The number of para-hydroxylation sites is 1. The van der Waals surface area contributed by atoms with E-state index in [-0.39, 0.29) is 11.4 Å². The summed E-state index contributed by atoms with van der Waals surface area (Å²) in [4.78, 5) is 28.9. The number of carbonyl (C=O) groups is 1. The Labute approximate surface area is 132 Å². The zero-order valence-corrected chi connectivity index (χ0v) is 13.1. The molecule has 3 aromatic rings. The van der Waals surface area contributed by atoms with E-state index in [0.29, 0.717) is 17.6 Å². The number of hydrogen-bond acceptors (Lipinski definition) is 5. The van der Waals surface area contributed by atoms with E-state index in [4.69, 9.17) is 4.74 Å². The zero-order chi connectivity index (χ0) is 16.4. The number of aromatic nitrogens is 3. The average Bonchev–Trinajstić information content (AvgIpc) is 2.97. The number of benzene rings is 1. The van der Waals surface area contributed by atoms with Gasteiger partial charge in [-0.3, -0.25) is 0 Å². The molecule has 0 atom stereocenters. The van der Waals surface area contributed by atoms with Crippen LogP contribution >= 0.6 is 0 Å². The minimum Gasteiger partial charge on any atom is -0.461 e. The summed E-state index contributed by atoms with van der Waals surface area (Å²) in [7, 11) is 3.92. The third kappa shape index (κ3) is 3.09. The van der Waals surface area contributed by atoms with Gasteiger partial charge in [-0.2, -0.15) is 9.61 Å². The van der Waals surface area contributed by atoms with E-state index in [1.54, 1.807) is 6.07 Å². The quantitative estimate of drug-likeness (QED) is 0.567.